The molecule has 102 valence electrons. The van der Waals surface area contributed by atoms with E-state index in [-0.39, 0.29) is 0 Å². The summed E-state index contributed by atoms with van der Waals surface area (Å²) < 4.78 is 1.83. The van der Waals surface area contributed by atoms with Crippen LogP contribution in [0.4, 0.5) is 5.82 Å². The SMILES string of the molecule is Cn1cc(CNCCCCNc2ccccn2)cn1. The van der Waals surface area contributed by atoms with Gasteiger partial charge in [0.15, 0.2) is 0 Å². The second kappa shape index (κ2) is 7.53. The molecule has 0 aromatic carbocycles. The van der Waals surface area contributed by atoms with Crippen molar-refractivity contribution in [3.8, 4) is 0 Å². The summed E-state index contributed by atoms with van der Waals surface area (Å²) in [5, 5.41) is 10.9. The maximum Gasteiger partial charge on any atom is 0.125 e. The van der Waals surface area contributed by atoms with Crippen molar-refractivity contribution in [2.24, 2.45) is 7.05 Å². The molecule has 0 bridgehead atoms. The first-order valence-electron chi connectivity index (χ1n) is 6.68. The number of aryl methyl sites for hydroxylation is 1. The van der Waals surface area contributed by atoms with Crippen molar-refractivity contribution in [1.29, 1.82) is 0 Å². The molecule has 2 heterocycles. The van der Waals surface area contributed by atoms with Gasteiger partial charge in [-0.1, -0.05) is 6.07 Å². The van der Waals surface area contributed by atoms with E-state index >= 15 is 0 Å². The molecule has 0 saturated heterocycles. The molecule has 19 heavy (non-hydrogen) atoms. The minimum atomic E-state index is 0.890. The normalized spacial score (nSPS) is 10.6. The summed E-state index contributed by atoms with van der Waals surface area (Å²) in [4.78, 5) is 4.22. The molecular formula is C14H21N5. The van der Waals surface area contributed by atoms with Gasteiger partial charge in [0.05, 0.1) is 6.20 Å². The van der Waals surface area contributed by atoms with Crippen LogP contribution in [0.15, 0.2) is 36.8 Å². The Morgan fingerprint density at radius 1 is 1.21 bits per heavy atom. The Hall–Kier alpha value is -1.88. The minimum absolute atomic E-state index is 0.890. The van der Waals surface area contributed by atoms with E-state index in [0.717, 1.165) is 38.3 Å². The van der Waals surface area contributed by atoms with E-state index in [4.69, 9.17) is 0 Å². The summed E-state index contributed by atoms with van der Waals surface area (Å²) in [7, 11) is 1.94. The summed E-state index contributed by atoms with van der Waals surface area (Å²) in [5.74, 6) is 0.950. The predicted molar refractivity (Wildman–Crippen MR) is 76.9 cm³/mol. The zero-order valence-corrected chi connectivity index (χ0v) is 11.3. The quantitative estimate of drug-likeness (QED) is 0.710. The summed E-state index contributed by atoms with van der Waals surface area (Å²) in [5.41, 5.74) is 1.23. The second-order valence-corrected chi connectivity index (χ2v) is 4.55. The lowest BCUT2D eigenvalue weighted by Gasteiger charge is -2.05. The number of unbranched alkanes of at least 4 members (excludes halogenated alkanes) is 1. The van der Waals surface area contributed by atoms with E-state index in [1.165, 1.54) is 5.56 Å². The second-order valence-electron chi connectivity index (χ2n) is 4.55. The van der Waals surface area contributed by atoms with Crippen molar-refractivity contribution in [3.05, 3.63) is 42.4 Å². The Morgan fingerprint density at radius 3 is 2.84 bits per heavy atom. The summed E-state index contributed by atoms with van der Waals surface area (Å²) in [6, 6.07) is 5.90. The van der Waals surface area contributed by atoms with Crippen LogP contribution in [0.25, 0.3) is 0 Å². The number of nitrogens with zero attached hydrogens (tertiary/aromatic N) is 3. The van der Waals surface area contributed by atoms with Gasteiger partial charge < -0.3 is 10.6 Å². The number of aromatic nitrogens is 3. The van der Waals surface area contributed by atoms with Crippen molar-refractivity contribution in [3.63, 3.8) is 0 Å². The average Bonchev–Trinajstić information content (AvgIpc) is 2.85. The van der Waals surface area contributed by atoms with E-state index in [2.05, 4.69) is 20.7 Å². The highest BCUT2D eigenvalue weighted by molar-refractivity contribution is 5.32. The van der Waals surface area contributed by atoms with Crippen LogP contribution in [0.3, 0.4) is 0 Å². The molecule has 0 aliphatic carbocycles. The van der Waals surface area contributed by atoms with Gasteiger partial charge in [0, 0.05) is 38.1 Å². The zero-order chi connectivity index (χ0) is 13.3. The van der Waals surface area contributed by atoms with Crippen LogP contribution in [0.2, 0.25) is 0 Å². The molecular weight excluding hydrogens is 238 g/mol. The summed E-state index contributed by atoms with van der Waals surface area (Å²) >= 11 is 0. The zero-order valence-electron chi connectivity index (χ0n) is 11.3. The molecule has 2 rings (SSSR count). The number of rotatable bonds is 8. The predicted octanol–water partition coefficient (Wildman–Crippen LogP) is 1.80. The first kappa shape index (κ1) is 13.5. The van der Waals surface area contributed by atoms with Crippen molar-refractivity contribution in [1.82, 2.24) is 20.1 Å². The highest BCUT2D eigenvalue weighted by Crippen LogP contribution is 2.00. The topological polar surface area (TPSA) is 54.8 Å². The molecule has 2 N–H and O–H groups in total. The Bertz CT molecular complexity index is 466. The largest absolute Gasteiger partial charge is 0.370 e. The lowest BCUT2D eigenvalue weighted by atomic mass is 10.3. The van der Waals surface area contributed by atoms with E-state index in [1.807, 2.05) is 42.3 Å². The monoisotopic (exact) mass is 259 g/mol. The van der Waals surface area contributed by atoms with Gasteiger partial charge in [-0.05, 0) is 31.5 Å². The lowest BCUT2D eigenvalue weighted by Crippen LogP contribution is -2.15. The van der Waals surface area contributed by atoms with E-state index in [0.29, 0.717) is 0 Å². The number of hydrogen-bond acceptors (Lipinski definition) is 4. The van der Waals surface area contributed by atoms with Crippen LogP contribution in [-0.2, 0) is 13.6 Å². The van der Waals surface area contributed by atoms with Gasteiger partial charge in [0.25, 0.3) is 0 Å². The van der Waals surface area contributed by atoms with Gasteiger partial charge in [-0.3, -0.25) is 4.68 Å². The Kier molecular flexibility index (Phi) is 5.37. The van der Waals surface area contributed by atoms with Crippen molar-refractivity contribution in [2.45, 2.75) is 19.4 Å². The third-order valence-electron chi connectivity index (χ3n) is 2.84. The Morgan fingerprint density at radius 2 is 2.11 bits per heavy atom. The molecule has 2 aromatic rings. The number of nitrogens with one attached hydrogen (secondary N) is 2. The van der Waals surface area contributed by atoms with Crippen molar-refractivity contribution >= 4 is 5.82 Å². The van der Waals surface area contributed by atoms with Gasteiger partial charge in [0.2, 0.25) is 0 Å². The molecule has 0 atom stereocenters. The lowest BCUT2D eigenvalue weighted by molar-refractivity contribution is 0.632. The average molecular weight is 259 g/mol. The molecule has 0 unspecified atom stereocenters. The molecule has 5 heteroatoms. The van der Waals surface area contributed by atoms with Crippen LogP contribution in [0, 0.1) is 0 Å². The van der Waals surface area contributed by atoms with Crippen LogP contribution < -0.4 is 10.6 Å². The van der Waals surface area contributed by atoms with Crippen LogP contribution in [0.1, 0.15) is 18.4 Å². The van der Waals surface area contributed by atoms with Crippen molar-refractivity contribution < 1.29 is 0 Å². The van der Waals surface area contributed by atoms with E-state index in [9.17, 15) is 0 Å². The summed E-state index contributed by atoms with van der Waals surface area (Å²) in [6.45, 7) is 2.88. The Balaban J connectivity index is 1.48. The number of anilines is 1. The minimum Gasteiger partial charge on any atom is -0.370 e. The Labute approximate surface area is 114 Å². The van der Waals surface area contributed by atoms with Crippen LogP contribution in [0.5, 0.6) is 0 Å². The molecule has 0 fully saturated rings. The third-order valence-corrected chi connectivity index (χ3v) is 2.84. The standard InChI is InChI=1S/C14H21N5/c1-19-12-13(11-18-19)10-15-7-4-5-9-17-14-6-2-3-8-16-14/h2-3,6,8,11-12,15H,4-5,7,9-10H2,1H3,(H,16,17). The fourth-order valence-corrected chi connectivity index (χ4v) is 1.85. The van der Waals surface area contributed by atoms with Gasteiger partial charge in [-0.15, -0.1) is 0 Å². The van der Waals surface area contributed by atoms with Gasteiger partial charge in [-0.25, -0.2) is 4.98 Å². The maximum absolute atomic E-state index is 4.22. The highest BCUT2D eigenvalue weighted by atomic mass is 15.2. The highest BCUT2D eigenvalue weighted by Gasteiger charge is 1.95. The first-order valence-corrected chi connectivity index (χ1v) is 6.68. The fourth-order valence-electron chi connectivity index (χ4n) is 1.85. The molecule has 0 spiro atoms. The van der Waals surface area contributed by atoms with Gasteiger partial charge in [-0.2, -0.15) is 5.10 Å². The molecule has 5 nitrogen and oxygen atoms in total. The van der Waals surface area contributed by atoms with Gasteiger partial charge in [0.1, 0.15) is 5.82 Å². The first-order chi connectivity index (χ1) is 9.34. The van der Waals surface area contributed by atoms with Crippen LogP contribution in [-0.4, -0.2) is 27.9 Å². The molecule has 0 radical (unpaired) electrons. The summed E-state index contributed by atoms with van der Waals surface area (Å²) in [6.07, 6.45) is 8.03. The number of hydrogen-bond donors (Lipinski definition) is 2. The van der Waals surface area contributed by atoms with Crippen LogP contribution >= 0.6 is 0 Å². The maximum atomic E-state index is 4.22. The molecule has 0 amide bonds. The molecule has 0 aliphatic rings. The van der Waals surface area contributed by atoms with E-state index in [1.54, 1.807) is 6.20 Å². The van der Waals surface area contributed by atoms with Gasteiger partial charge >= 0.3 is 0 Å². The molecule has 0 aliphatic heterocycles. The van der Waals surface area contributed by atoms with Crippen molar-refractivity contribution in [2.75, 3.05) is 18.4 Å². The molecule has 2 aromatic heterocycles. The fraction of sp³-hybridized carbons (Fsp3) is 0.429. The number of pyridine rings is 1. The third kappa shape index (κ3) is 5.09. The van der Waals surface area contributed by atoms with E-state index < -0.39 is 0 Å². The smallest absolute Gasteiger partial charge is 0.125 e. The molecule has 0 saturated carbocycles.